The van der Waals surface area contributed by atoms with Crippen LogP contribution < -0.4 is 11.2 Å². The van der Waals surface area contributed by atoms with E-state index in [1.54, 1.807) is 17.6 Å². The molecule has 5 heteroatoms. The minimum atomic E-state index is -0.647. The van der Waals surface area contributed by atoms with Crippen LogP contribution >= 0.6 is 11.3 Å². The number of allylic oxidation sites excluding steroid dienone is 2. The molecule has 0 saturated heterocycles. The van der Waals surface area contributed by atoms with Crippen LogP contribution in [0.25, 0.3) is 0 Å². The summed E-state index contributed by atoms with van der Waals surface area (Å²) in [7, 11) is 0. The molecular formula is C11H13N3OS. The molecule has 0 saturated carbocycles. The van der Waals surface area contributed by atoms with E-state index in [-0.39, 0.29) is 0 Å². The lowest BCUT2D eigenvalue weighted by Crippen LogP contribution is -2.24. The molecule has 1 unspecified atom stereocenters. The van der Waals surface area contributed by atoms with Gasteiger partial charge in [0.15, 0.2) is 0 Å². The summed E-state index contributed by atoms with van der Waals surface area (Å²) in [5, 5.41) is 3.72. The first-order valence-corrected chi connectivity index (χ1v) is 5.92. The molecule has 0 aromatic carbocycles. The number of hydrazone groups is 1. The van der Waals surface area contributed by atoms with Crippen molar-refractivity contribution in [1.29, 1.82) is 0 Å². The van der Waals surface area contributed by atoms with Crippen LogP contribution in [0, 0.1) is 0 Å². The minimum absolute atomic E-state index is 0.552. The lowest BCUT2D eigenvalue weighted by atomic mass is 10.1. The van der Waals surface area contributed by atoms with E-state index in [1.807, 2.05) is 6.07 Å². The SMILES string of the molecule is NC(=O)NN=Cc1ccc(C2C=CCC2)s1. The number of amides is 2. The third-order valence-corrected chi connectivity index (χ3v) is 3.54. The number of hydrogen-bond donors (Lipinski definition) is 2. The molecule has 16 heavy (non-hydrogen) atoms. The number of nitrogens with zero attached hydrogens (tertiary/aromatic N) is 1. The quantitative estimate of drug-likeness (QED) is 0.470. The third-order valence-electron chi connectivity index (χ3n) is 2.39. The van der Waals surface area contributed by atoms with E-state index in [0.717, 1.165) is 11.3 Å². The van der Waals surface area contributed by atoms with Gasteiger partial charge in [0.05, 0.1) is 6.21 Å². The molecule has 0 radical (unpaired) electrons. The van der Waals surface area contributed by atoms with Crippen molar-refractivity contribution in [2.24, 2.45) is 10.8 Å². The topological polar surface area (TPSA) is 67.5 Å². The van der Waals surface area contributed by atoms with E-state index >= 15 is 0 Å². The number of nitrogens with one attached hydrogen (secondary N) is 1. The van der Waals surface area contributed by atoms with Crippen molar-refractivity contribution in [1.82, 2.24) is 5.43 Å². The third kappa shape index (κ3) is 2.70. The highest BCUT2D eigenvalue weighted by Crippen LogP contribution is 2.32. The lowest BCUT2D eigenvalue weighted by Gasteiger charge is -2.01. The second kappa shape index (κ2) is 4.94. The highest BCUT2D eigenvalue weighted by Gasteiger charge is 2.13. The minimum Gasteiger partial charge on any atom is -0.350 e. The van der Waals surface area contributed by atoms with Crippen molar-refractivity contribution >= 4 is 23.6 Å². The Morgan fingerprint density at radius 2 is 2.50 bits per heavy atom. The van der Waals surface area contributed by atoms with Crippen LogP contribution in [0.2, 0.25) is 0 Å². The van der Waals surface area contributed by atoms with Gasteiger partial charge in [-0.2, -0.15) is 5.10 Å². The van der Waals surface area contributed by atoms with Crippen LogP contribution in [-0.4, -0.2) is 12.2 Å². The number of thiophene rings is 1. The molecular weight excluding hydrogens is 222 g/mol. The first kappa shape index (κ1) is 10.9. The Balaban J connectivity index is 1.99. The fraction of sp³-hybridized carbons (Fsp3) is 0.273. The van der Waals surface area contributed by atoms with Gasteiger partial charge in [-0.1, -0.05) is 12.2 Å². The first-order valence-electron chi connectivity index (χ1n) is 5.10. The molecule has 3 N–H and O–H groups in total. The van der Waals surface area contributed by atoms with Gasteiger partial charge in [0.1, 0.15) is 0 Å². The summed E-state index contributed by atoms with van der Waals surface area (Å²) in [6, 6.07) is 3.46. The maximum Gasteiger partial charge on any atom is 0.332 e. The Bertz CT molecular complexity index is 436. The number of hydrogen-bond acceptors (Lipinski definition) is 3. The smallest absolute Gasteiger partial charge is 0.332 e. The molecule has 1 aromatic heterocycles. The van der Waals surface area contributed by atoms with Gasteiger partial charge < -0.3 is 5.73 Å². The zero-order chi connectivity index (χ0) is 11.4. The average Bonchev–Trinajstić information content (AvgIpc) is 2.85. The lowest BCUT2D eigenvalue weighted by molar-refractivity contribution is 0.249. The van der Waals surface area contributed by atoms with E-state index in [0.29, 0.717) is 5.92 Å². The van der Waals surface area contributed by atoms with Crippen molar-refractivity contribution in [2.75, 3.05) is 0 Å². The van der Waals surface area contributed by atoms with Gasteiger partial charge >= 0.3 is 6.03 Å². The van der Waals surface area contributed by atoms with Crippen molar-refractivity contribution < 1.29 is 4.79 Å². The number of urea groups is 1. The van der Waals surface area contributed by atoms with Crippen LogP contribution in [0.4, 0.5) is 4.79 Å². The van der Waals surface area contributed by atoms with Crippen LogP contribution in [0.15, 0.2) is 29.4 Å². The van der Waals surface area contributed by atoms with Gasteiger partial charge in [-0.25, -0.2) is 10.2 Å². The summed E-state index contributed by atoms with van der Waals surface area (Å²) in [5.41, 5.74) is 7.07. The number of nitrogens with two attached hydrogens (primary N) is 1. The van der Waals surface area contributed by atoms with E-state index in [4.69, 9.17) is 5.73 Å². The molecule has 1 aliphatic carbocycles. The standard InChI is InChI=1S/C11H13N3OS/c12-11(15)14-13-7-9-5-6-10(16-9)8-3-1-2-4-8/h1,3,5-8H,2,4H2,(H3,12,14,15). The highest BCUT2D eigenvalue weighted by molar-refractivity contribution is 7.13. The van der Waals surface area contributed by atoms with Crippen molar-refractivity contribution in [3.63, 3.8) is 0 Å². The summed E-state index contributed by atoms with van der Waals surface area (Å²) >= 11 is 1.69. The monoisotopic (exact) mass is 235 g/mol. The fourth-order valence-electron chi connectivity index (χ4n) is 1.67. The molecule has 2 amide bonds. The molecule has 0 fully saturated rings. The van der Waals surface area contributed by atoms with Gasteiger partial charge in [0, 0.05) is 15.7 Å². The van der Waals surface area contributed by atoms with E-state index < -0.39 is 6.03 Å². The van der Waals surface area contributed by atoms with Crippen molar-refractivity contribution in [3.8, 4) is 0 Å². The van der Waals surface area contributed by atoms with Gasteiger partial charge in [-0.15, -0.1) is 11.3 Å². The fourth-order valence-corrected chi connectivity index (χ4v) is 2.66. The van der Waals surface area contributed by atoms with Crippen LogP contribution in [0.5, 0.6) is 0 Å². The molecule has 1 atom stereocenters. The molecule has 1 aliphatic rings. The van der Waals surface area contributed by atoms with Crippen molar-refractivity contribution in [2.45, 2.75) is 18.8 Å². The Morgan fingerprint density at radius 3 is 3.19 bits per heavy atom. The van der Waals surface area contributed by atoms with Gasteiger partial charge in [-0.05, 0) is 25.0 Å². The van der Waals surface area contributed by atoms with Crippen LogP contribution in [-0.2, 0) is 0 Å². The molecule has 2 rings (SSSR count). The number of carbonyl (C=O) groups excluding carboxylic acids is 1. The molecule has 84 valence electrons. The molecule has 0 spiro atoms. The molecule has 0 aliphatic heterocycles. The highest BCUT2D eigenvalue weighted by atomic mass is 32.1. The Kier molecular flexibility index (Phi) is 3.36. The number of primary amides is 1. The summed E-state index contributed by atoms with van der Waals surface area (Å²) in [6.45, 7) is 0. The largest absolute Gasteiger partial charge is 0.350 e. The molecule has 1 heterocycles. The Labute approximate surface area is 97.8 Å². The summed E-state index contributed by atoms with van der Waals surface area (Å²) in [6.07, 6.45) is 8.42. The zero-order valence-electron chi connectivity index (χ0n) is 8.72. The van der Waals surface area contributed by atoms with Crippen LogP contribution in [0.3, 0.4) is 0 Å². The molecule has 4 nitrogen and oxygen atoms in total. The van der Waals surface area contributed by atoms with Gasteiger partial charge in [-0.3, -0.25) is 0 Å². The predicted octanol–water partition coefficient (Wildman–Crippen LogP) is 2.18. The van der Waals surface area contributed by atoms with Crippen LogP contribution in [0.1, 0.15) is 28.5 Å². The van der Waals surface area contributed by atoms with E-state index in [9.17, 15) is 4.79 Å². The van der Waals surface area contributed by atoms with Gasteiger partial charge in [0.25, 0.3) is 0 Å². The second-order valence-corrected chi connectivity index (χ2v) is 4.73. The Morgan fingerprint density at radius 1 is 1.62 bits per heavy atom. The van der Waals surface area contributed by atoms with Gasteiger partial charge in [0.2, 0.25) is 0 Å². The Hall–Kier alpha value is -1.62. The first-order chi connectivity index (χ1) is 7.75. The summed E-state index contributed by atoms with van der Waals surface area (Å²) < 4.78 is 0. The van der Waals surface area contributed by atoms with E-state index in [2.05, 4.69) is 28.7 Å². The average molecular weight is 235 g/mol. The van der Waals surface area contributed by atoms with Crippen molar-refractivity contribution in [3.05, 3.63) is 34.0 Å². The second-order valence-electron chi connectivity index (χ2n) is 3.59. The normalized spacial score (nSPS) is 19.4. The maximum absolute atomic E-state index is 10.4. The molecule has 0 bridgehead atoms. The summed E-state index contributed by atoms with van der Waals surface area (Å²) in [5.74, 6) is 0.552. The number of rotatable bonds is 3. The summed E-state index contributed by atoms with van der Waals surface area (Å²) in [4.78, 5) is 12.8. The predicted molar refractivity (Wildman–Crippen MR) is 65.7 cm³/mol. The number of carbonyl (C=O) groups is 1. The maximum atomic E-state index is 10.4. The van der Waals surface area contributed by atoms with E-state index in [1.165, 1.54) is 11.3 Å². The molecule has 1 aromatic rings. The zero-order valence-corrected chi connectivity index (χ0v) is 9.54.